The highest BCUT2D eigenvalue weighted by Gasteiger charge is 2.21. The third kappa shape index (κ3) is 4.53. The normalized spacial score (nSPS) is 14.7. The first-order chi connectivity index (χ1) is 22.8. The second-order valence-corrected chi connectivity index (χ2v) is 11.9. The molecular formula is C43H29N3. The molecule has 3 nitrogen and oxygen atoms in total. The Bertz CT molecular complexity index is 2410. The maximum atomic E-state index is 5.24. The zero-order valence-corrected chi connectivity index (χ0v) is 25.1. The van der Waals surface area contributed by atoms with Gasteiger partial charge in [0.2, 0.25) is 0 Å². The lowest BCUT2D eigenvalue weighted by Crippen LogP contribution is -2.31. The van der Waals surface area contributed by atoms with Gasteiger partial charge in [-0.15, -0.1) is 0 Å². The van der Waals surface area contributed by atoms with Gasteiger partial charge in [-0.05, 0) is 91.0 Å². The van der Waals surface area contributed by atoms with Crippen molar-refractivity contribution in [3.8, 4) is 22.4 Å². The first-order valence-corrected chi connectivity index (χ1v) is 15.7. The van der Waals surface area contributed by atoms with Crippen molar-refractivity contribution in [1.82, 2.24) is 10.3 Å². The van der Waals surface area contributed by atoms with Crippen LogP contribution in [0.15, 0.2) is 169 Å². The molecule has 1 atom stereocenters. The van der Waals surface area contributed by atoms with Gasteiger partial charge in [0.25, 0.3) is 0 Å². The van der Waals surface area contributed by atoms with Gasteiger partial charge < -0.3 is 5.32 Å². The topological polar surface area (TPSA) is 37.3 Å². The third-order valence-corrected chi connectivity index (χ3v) is 9.08. The van der Waals surface area contributed by atoms with Crippen LogP contribution in [0.3, 0.4) is 0 Å². The summed E-state index contributed by atoms with van der Waals surface area (Å²) >= 11 is 0. The van der Waals surface area contributed by atoms with Gasteiger partial charge in [0.1, 0.15) is 5.84 Å². The van der Waals surface area contributed by atoms with Crippen molar-refractivity contribution in [2.45, 2.75) is 6.04 Å². The van der Waals surface area contributed by atoms with Crippen LogP contribution in [0.2, 0.25) is 0 Å². The van der Waals surface area contributed by atoms with E-state index in [-0.39, 0.29) is 6.04 Å². The van der Waals surface area contributed by atoms with Gasteiger partial charge in [-0.2, -0.15) is 0 Å². The van der Waals surface area contributed by atoms with E-state index in [1.807, 2.05) is 24.4 Å². The molecule has 7 aromatic carbocycles. The minimum atomic E-state index is -0.0274. The highest BCUT2D eigenvalue weighted by atomic mass is 15.0. The van der Waals surface area contributed by atoms with Crippen LogP contribution >= 0.6 is 0 Å². The first kappa shape index (κ1) is 26.4. The number of rotatable bonds is 5. The second kappa shape index (κ2) is 10.8. The number of nitrogens with one attached hydrogen (secondary N) is 1. The highest BCUT2D eigenvalue weighted by Crippen LogP contribution is 2.40. The van der Waals surface area contributed by atoms with Crippen molar-refractivity contribution in [2.24, 2.45) is 4.99 Å². The Labute approximate surface area is 267 Å². The Morgan fingerprint density at radius 1 is 0.500 bits per heavy atom. The number of hydrogen-bond donors (Lipinski definition) is 1. The first-order valence-electron chi connectivity index (χ1n) is 15.7. The summed E-state index contributed by atoms with van der Waals surface area (Å²) in [5.74, 6) is 0.840. The molecular weight excluding hydrogens is 558 g/mol. The van der Waals surface area contributed by atoms with Gasteiger partial charge >= 0.3 is 0 Å². The molecule has 1 N–H and O–H groups in total. The largest absolute Gasteiger partial charge is 0.359 e. The van der Waals surface area contributed by atoms with Gasteiger partial charge in [0, 0.05) is 17.3 Å². The van der Waals surface area contributed by atoms with Gasteiger partial charge in [-0.1, -0.05) is 121 Å². The number of aliphatic imine (C=N–C) groups is 1. The van der Waals surface area contributed by atoms with Crippen LogP contribution in [-0.4, -0.2) is 10.8 Å². The molecule has 0 fully saturated rings. The Morgan fingerprint density at radius 2 is 1.17 bits per heavy atom. The molecule has 1 aliphatic rings. The van der Waals surface area contributed by atoms with E-state index in [9.17, 15) is 0 Å². The number of nitrogens with zero attached hydrogens (tertiary/aromatic N) is 2. The van der Waals surface area contributed by atoms with E-state index < -0.39 is 0 Å². The molecule has 46 heavy (non-hydrogen) atoms. The summed E-state index contributed by atoms with van der Waals surface area (Å²) in [7, 11) is 0. The highest BCUT2D eigenvalue weighted by molar-refractivity contribution is 6.25. The Hall–Kier alpha value is -6.06. The molecule has 0 amide bonds. The van der Waals surface area contributed by atoms with E-state index in [0.29, 0.717) is 0 Å². The van der Waals surface area contributed by atoms with E-state index >= 15 is 0 Å². The quantitative estimate of drug-likeness (QED) is 0.203. The standard InChI is InChI=1S/C43H29N3/c1-3-10-28(11-4-1)39-27-40(29-12-5-2-6-13-29)46-43(45-39)35-25-33(24-34(26-35)38-16-7-8-23-44-38)36-21-19-32-18-17-30-14-9-15-31-20-22-37(36)42(32)41(30)31/h1-27,39H,(H,45,46). The number of benzene rings is 7. The lowest BCUT2D eigenvalue weighted by atomic mass is 9.88. The SMILES string of the molecule is C1=C(c2ccccc2)N=C(c2cc(-c3ccccn3)cc(-c3ccc4ccc5cccc6ccc3c4c56)c2)NC1c1ccccc1. The van der Waals surface area contributed by atoms with Gasteiger partial charge in [-0.25, -0.2) is 4.99 Å². The summed E-state index contributed by atoms with van der Waals surface area (Å²) in [6.45, 7) is 0. The fourth-order valence-corrected chi connectivity index (χ4v) is 6.88. The molecule has 0 spiro atoms. The van der Waals surface area contributed by atoms with Gasteiger partial charge in [-0.3, -0.25) is 4.98 Å². The molecule has 0 radical (unpaired) electrons. The molecule has 0 saturated carbocycles. The van der Waals surface area contributed by atoms with Crippen molar-refractivity contribution >= 4 is 43.9 Å². The van der Waals surface area contributed by atoms with Crippen LogP contribution in [0, 0.1) is 0 Å². The summed E-state index contributed by atoms with van der Waals surface area (Å²) < 4.78 is 0. The van der Waals surface area contributed by atoms with Crippen LogP contribution in [0.5, 0.6) is 0 Å². The molecule has 8 aromatic rings. The van der Waals surface area contributed by atoms with Gasteiger partial charge in [0.15, 0.2) is 0 Å². The Morgan fingerprint density at radius 3 is 1.96 bits per heavy atom. The molecule has 0 aliphatic carbocycles. The summed E-state index contributed by atoms with van der Waals surface area (Å²) in [4.78, 5) is 10.00. The number of amidine groups is 1. The number of aromatic nitrogens is 1. The molecule has 1 unspecified atom stereocenters. The van der Waals surface area contributed by atoms with Crippen LogP contribution < -0.4 is 5.32 Å². The summed E-state index contributed by atoms with van der Waals surface area (Å²) in [5, 5.41) is 11.4. The maximum absolute atomic E-state index is 5.24. The molecule has 1 aliphatic heterocycles. The summed E-state index contributed by atoms with van der Waals surface area (Å²) in [5.41, 5.74) is 8.56. The monoisotopic (exact) mass is 587 g/mol. The van der Waals surface area contributed by atoms with E-state index in [4.69, 9.17) is 9.98 Å². The molecule has 0 bridgehead atoms. The lowest BCUT2D eigenvalue weighted by Gasteiger charge is -2.25. The lowest BCUT2D eigenvalue weighted by molar-refractivity contribution is 0.781. The number of hydrogen-bond acceptors (Lipinski definition) is 3. The number of pyridine rings is 1. The van der Waals surface area contributed by atoms with Crippen LogP contribution in [-0.2, 0) is 0 Å². The summed E-state index contributed by atoms with van der Waals surface area (Å²) in [6, 6.07) is 53.9. The molecule has 0 saturated heterocycles. The van der Waals surface area contributed by atoms with Crippen LogP contribution in [0.1, 0.15) is 22.7 Å². The predicted molar refractivity (Wildman–Crippen MR) is 192 cm³/mol. The van der Waals surface area contributed by atoms with Crippen molar-refractivity contribution in [3.63, 3.8) is 0 Å². The molecule has 9 rings (SSSR count). The average molecular weight is 588 g/mol. The second-order valence-electron chi connectivity index (χ2n) is 11.9. The smallest absolute Gasteiger partial charge is 0.134 e. The zero-order valence-electron chi connectivity index (χ0n) is 25.1. The maximum Gasteiger partial charge on any atom is 0.134 e. The van der Waals surface area contributed by atoms with Crippen LogP contribution in [0.4, 0.5) is 0 Å². The van der Waals surface area contributed by atoms with Crippen LogP contribution in [0.25, 0.3) is 60.4 Å². The zero-order chi connectivity index (χ0) is 30.5. The van der Waals surface area contributed by atoms with E-state index in [0.717, 1.165) is 39.5 Å². The molecule has 2 heterocycles. The fourth-order valence-electron chi connectivity index (χ4n) is 6.88. The van der Waals surface area contributed by atoms with E-state index in [2.05, 4.69) is 145 Å². The van der Waals surface area contributed by atoms with E-state index in [1.165, 1.54) is 43.4 Å². The van der Waals surface area contributed by atoms with Crippen molar-refractivity contribution in [2.75, 3.05) is 0 Å². The minimum absolute atomic E-state index is 0.0274. The molecule has 216 valence electrons. The molecule has 1 aromatic heterocycles. The van der Waals surface area contributed by atoms with Crippen molar-refractivity contribution in [3.05, 3.63) is 181 Å². The van der Waals surface area contributed by atoms with E-state index in [1.54, 1.807) is 0 Å². The van der Waals surface area contributed by atoms with Crippen molar-refractivity contribution in [1.29, 1.82) is 0 Å². The fraction of sp³-hybridized carbons (Fsp3) is 0.0233. The van der Waals surface area contributed by atoms with Crippen molar-refractivity contribution < 1.29 is 0 Å². The minimum Gasteiger partial charge on any atom is -0.359 e. The average Bonchev–Trinajstić information content (AvgIpc) is 3.14. The molecule has 3 heteroatoms. The Balaban J connectivity index is 1.27. The summed E-state index contributed by atoms with van der Waals surface area (Å²) in [6.07, 6.45) is 4.08. The van der Waals surface area contributed by atoms with Gasteiger partial charge in [0.05, 0.1) is 17.4 Å². The Kier molecular flexibility index (Phi) is 6.20. The third-order valence-electron chi connectivity index (χ3n) is 9.08. The predicted octanol–water partition coefficient (Wildman–Crippen LogP) is 10.4.